The van der Waals surface area contributed by atoms with Gasteiger partial charge < -0.3 is 33.5 Å². The van der Waals surface area contributed by atoms with Crippen LogP contribution in [0.25, 0.3) is 0 Å². The van der Waals surface area contributed by atoms with Crippen molar-refractivity contribution >= 4 is 31.6 Å². The molecule has 2 atom stereocenters. The van der Waals surface area contributed by atoms with E-state index in [1.165, 1.54) is 123 Å². The third-order valence-corrected chi connectivity index (χ3v) is 10.5. The Morgan fingerprint density at radius 2 is 0.946 bits per heavy atom. The first-order valence-electron chi connectivity index (χ1n) is 21.9. The zero-order valence-electron chi connectivity index (χ0n) is 36.1. The second-order valence-corrected chi connectivity index (χ2v) is 16.2. The minimum atomic E-state index is -4.84. The van der Waals surface area contributed by atoms with Crippen molar-refractivity contribution in [1.82, 2.24) is 5.32 Å². The number of phosphoric acid groups is 1. The van der Waals surface area contributed by atoms with Gasteiger partial charge >= 0.3 is 47.5 Å². The zero-order chi connectivity index (χ0) is 40.7. The van der Waals surface area contributed by atoms with Crippen LogP contribution < -0.4 is 39.8 Å². The molecule has 2 unspecified atom stereocenters. The molecule has 1 N–H and O–H groups in total. The van der Waals surface area contributed by atoms with E-state index in [1.54, 1.807) is 0 Å². The van der Waals surface area contributed by atoms with Gasteiger partial charge in [0, 0.05) is 25.8 Å². The first-order chi connectivity index (χ1) is 26.6. The molecule has 0 saturated carbocycles. The second kappa shape index (κ2) is 42.1. The molecule has 0 fully saturated rings. The number of carbonyl (C=O) groups is 4. The van der Waals surface area contributed by atoms with E-state index in [0.29, 0.717) is 12.8 Å². The largest absolute Gasteiger partial charge is 1.00 e. The summed E-state index contributed by atoms with van der Waals surface area (Å²) in [5.74, 6) is -1.95. The minimum Gasteiger partial charge on any atom is -0.756 e. The first kappa shape index (κ1) is 57.1. The molecular weight excluding hydrogens is 748 g/mol. The summed E-state index contributed by atoms with van der Waals surface area (Å²) in [4.78, 5) is 60.5. The second-order valence-electron chi connectivity index (χ2n) is 14.8. The summed E-state index contributed by atoms with van der Waals surface area (Å²) in [7, 11) is -3.62. The van der Waals surface area contributed by atoms with Gasteiger partial charge in [-0.25, -0.2) is 0 Å². The number of hydrogen-bond donors (Lipinski definition) is 1. The van der Waals surface area contributed by atoms with E-state index >= 15 is 0 Å². The van der Waals surface area contributed by atoms with Crippen LogP contribution in [-0.4, -0.2) is 63.4 Å². The molecule has 0 bridgehead atoms. The van der Waals surface area contributed by atoms with Crippen LogP contribution in [0, 0.1) is 0 Å². The van der Waals surface area contributed by atoms with Gasteiger partial charge in [0.05, 0.1) is 26.7 Å². The van der Waals surface area contributed by atoms with Crippen LogP contribution in [0.2, 0.25) is 0 Å². The normalized spacial score (nSPS) is 12.6. The Labute approximate surface area is 362 Å². The standard InChI is InChI=1S/C42H80NO11P.Na/c1-4-6-8-10-12-14-16-18-20-22-24-26-28-30-41(46)51-36-38(37-53-55(48,49)52-35-34-43-39(44)32-33-40(45)50-3)54-42(47)31-29-27-25-23-21-19-17-15-13-11-9-7-5-2;/h38H,4-37H2,1-3H3,(H,43,44)(H,48,49);/q;+1/p-1. The predicted octanol–water partition coefficient (Wildman–Crippen LogP) is 6.98. The molecule has 0 aromatic rings. The maximum Gasteiger partial charge on any atom is 1.00 e. The summed E-state index contributed by atoms with van der Waals surface area (Å²) >= 11 is 0. The predicted molar refractivity (Wildman–Crippen MR) is 215 cm³/mol. The number of unbranched alkanes of at least 4 members (excludes halogenated alkanes) is 24. The van der Waals surface area contributed by atoms with Gasteiger partial charge in [-0.2, -0.15) is 0 Å². The average molecular weight is 828 g/mol. The van der Waals surface area contributed by atoms with Gasteiger partial charge in [0.2, 0.25) is 5.91 Å². The Morgan fingerprint density at radius 3 is 1.38 bits per heavy atom. The summed E-state index contributed by atoms with van der Waals surface area (Å²) in [6, 6.07) is 0. The molecule has 324 valence electrons. The van der Waals surface area contributed by atoms with Crippen LogP contribution in [0.3, 0.4) is 0 Å². The van der Waals surface area contributed by atoms with Gasteiger partial charge in [-0.3, -0.25) is 23.7 Å². The van der Waals surface area contributed by atoms with E-state index in [9.17, 15) is 28.6 Å². The Kier molecular flexibility index (Phi) is 42.9. The Hall–Kier alpha value is -1.01. The van der Waals surface area contributed by atoms with Crippen LogP contribution in [-0.2, 0) is 47.0 Å². The van der Waals surface area contributed by atoms with Crippen molar-refractivity contribution in [3.63, 3.8) is 0 Å². The smallest absolute Gasteiger partial charge is 0.756 e. The van der Waals surface area contributed by atoms with Gasteiger partial charge in [-0.05, 0) is 12.8 Å². The Bertz CT molecular complexity index is 1000. The first-order valence-corrected chi connectivity index (χ1v) is 23.4. The molecule has 0 saturated heterocycles. The van der Waals surface area contributed by atoms with E-state index < -0.39 is 51.0 Å². The SMILES string of the molecule is CCCCCCCCCCCCCCCC(=O)OCC(COP(=O)([O-])OCCNC(=O)CCC(=O)OC)OC(=O)CCCCCCCCCCCCCCC.[Na+]. The number of methoxy groups -OCH3 is 1. The van der Waals surface area contributed by atoms with Crippen LogP contribution >= 0.6 is 7.82 Å². The fourth-order valence-corrected chi connectivity index (χ4v) is 6.90. The molecular formula is C42H79NNaO11P. The van der Waals surface area contributed by atoms with Crippen molar-refractivity contribution in [2.24, 2.45) is 0 Å². The monoisotopic (exact) mass is 828 g/mol. The molecule has 0 spiro atoms. The molecule has 1 amide bonds. The number of hydrogen-bond acceptors (Lipinski definition) is 11. The topological polar surface area (TPSA) is 167 Å². The molecule has 0 aliphatic carbocycles. The summed E-state index contributed by atoms with van der Waals surface area (Å²) in [5, 5.41) is 2.44. The third kappa shape index (κ3) is 41.2. The molecule has 56 heavy (non-hydrogen) atoms. The molecule has 14 heteroatoms. The van der Waals surface area contributed by atoms with E-state index in [0.717, 1.165) is 38.5 Å². The fourth-order valence-electron chi connectivity index (χ4n) is 6.16. The quantitative estimate of drug-likeness (QED) is 0.0222. The molecule has 0 aliphatic rings. The number of rotatable bonds is 41. The van der Waals surface area contributed by atoms with Crippen LogP contribution in [0.5, 0.6) is 0 Å². The summed E-state index contributed by atoms with van der Waals surface area (Å²) in [5.41, 5.74) is 0. The van der Waals surface area contributed by atoms with Gasteiger partial charge in [-0.15, -0.1) is 0 Å². The van der Waals surface area contributed by atoms with Gasteiger partial charge in [0.15, 0.2) is 6.10 Å². The summed E-state index contributed by atoms with van der Waals surface area (Å²) in [6.45, 7) is 3.02. The number of esters is 3. The number of nitrogens with one attached hydrogen (secondary N) is 1. The summed E-state index contributed by atoms with van der Waals surface area (Å²) < 4.78 is 37.5. The van der Waals surface area contributed by atoms with Crippen molar-refractivity contribution in [3.05, 3.63) is 0 Å². The number of ether oxygens (including phenoxy) is 3. The number of amides is 1. The van der Waals surface area contributed by atoms with Gasteiger partial charge in [0.1, 0.15) is 6.61 Å². The van der Waals surface area contributed by atoms with Crippen LogP contribution in [0.1, 0.15) is 206 Å². The van der Waals surface area contributed by atoms with Gasteiger partial charge in [0.25, 0.3) is 7.82 Å². The molecule has 0 aromatic carbocycles. The van der Waals surface area contributed by atoms with Crippen LogP contribution in [0.4, 0.5) is 0 Å². The van der Waals surface area contributed by atoms with Crippen LogP contribution in [0.15, 0.2) is 0 Å². The molecule has 12 nitrogen and oxygen atoms in total. The summed E-state index contributed by atoms with van der Waals surface area (Å²) in [6.07, 6.45) is 30.0. The van der Waals surface area contributed by atoms with Crippen molar-refractivity contribution in [1.29, 1.82) is 0 Å². The molecule has 0 radical (unpaired) electrons. The van der Waals surface area contributed by atoms with Gasteiger partial charge in [-0.1, -0.05) is 168 Å². The number of carbonyl (C=O) groups excluding carboxylic acids is 4. The van der Waals surface area contributed by atoms with Crippen molar-refractivity contribution < 1.29 is 81.5 Å². The van der Waals surface area contributed by atoms with E-state index in [1.807, 2.05) is 0 Å². The van der Waals surface area contributed by atoms with E-state index in [2.05, 4.69) is 23.9 Å². The average Bonchev–Trinajstić information content (AvgIpc) is 3.17. The minimum absolute atomic E-state index is 0. The third-order valence-electron chi connectivity index (χ3n) is 9.57. The van der Waals surface area contributed by atoms with Crippen molar-refractivity contribution in [3.8, 4) is 0 Å². The molecule has 0 heterocycles. The number of phosphoric ester groups is 1. The molecule has 0 aliphatic heterocycles. The maximum atomic E-state index is 12.7. The Morgan fingerprint density at radius 1 is 0.536 bits per heavy atom. The molecule has 0 aromatic heterocycles. The van der Waals surface area contributed by atoms with Crippen molar-refractivity contribution in [2.45, 2.75) is 213 Å². The van der Waals surface area contributed by atoms with E-state index in [4.69, 9.17) is 18.5 Å². The zero-order valence-corrected chi connectivity index (χ0v) is 39.0. The van der Waals surface area contributed by atoms with E-state index in [-0.39, 0.29) is 68.4 Å². The maximum absolute atomic E-state index is 12.7. The van der Waals surface area contributed by atoms with Crippen molar-refractivity contribution in [2.75, 3.05) is 33.5 Å². The fraction of sp³-hybridized carbons (Fsp3) is 0.905. The molecule has 0 rings (SSSR count). The Balaban J connectivity index is 0.